The van der Waals surface area contributed by atoms with Gasteiger partial charge in [-0.05, 0) is 30.9 Å². The highest BCUT2D eigenvalue weighted by Crippen LogP contribution is 2.33. The van der Waals surface area contributed by atoms with Crippen LogP contribution in [0.2, 0.25) is 0 Å². The van der Waals surface area contributed by atoms with Crippen molar-refractivity contribution in [2.45, 2.75) is 13.0 Å². The van der Waals surface area contributed by atoms with Crippen molar-refractivity contribution < 1.29 is 4.79 Å². The van der Waals surface area contributed by atoms with E-state index in [-0.39, 0.29) is 17.3 Å². The number of nitrogens with zero attached hydrogens (tertiary/aromatic N) is 7. The van der Waals surface area contributed by atoms with Gasteiger partial charge in [0.1, 0.15) is 17.0 Å². The van der Waals surface area contributed by atoms with Crippen molar-refractivity contribution in [2.24, 2.45) is 7.05 Å². The lowest BCUT2D eigenvalue weighted by Crippen LogP contribution is -2.28. The summed E-state index contributed by atoms with van der Waals surface area (Å²) in [6.07, 6.45) is 5.15. The van der Waals surface area contributed by atoms with Gasteiger partial charge in [-0.2, -0.15) is 5.10 Å². The zero-order chi connectivity index (χ0) is 25.5. The number of benzene rings is 1. The predicted molar refractivity (Wildman–Crippen MR) is 141 cm³/mol. The van der Waals surface area contributed by atoms with Crippen molar-refractivity contribution in [3.63, 3.8) is 0 Å². The number of amides is 1. The van der Waals surface area contributed by atoms with E-state index in [4.69, 9.17) is 10.7 Å². The second kappa shape index (κ2) is 8.92. The molecule has 3 N–H and O–H groups in total. The number of thiazole rings is 1. The standard InChI is InChI=1S/C26H21N9OS/c1-16(29-25(36)20-23(27)32-34-13-6-12-28-24(20)34)21-22(17-7-4-3-5-8-17)35-19(15-37-26(35)30-21)10-9-18-11-14-33(2)31-18/h3-8,11-16H,1-2H3,(H2,27,32)(H,29,36)/t16-/m0/s1. The maximum Gasteiger partial charge on any atom is 0.259 e. The van der Waals surface area contributed by atoms with E-state index in [0.29, 0.717) is 11.3 Å². The molecule has 0 saturated heterocycles. The van der Waals surface area contributed by atoms with Crippen LogP contribution in [-0.4, -0.2) is 39.7 Å². The fourth-order valence-corrected chi connectivity index (χ4v) is 5.04. The van der Waals surface area contributed by atoms with Gasteiger partial charge in [0.15, 0.2) is 16.4 Å². The van der Waals surface area contributed by atoms with Crippen LogP contribution in [0.15, 0.2) is 66.4 Å². The zero-order valence-electron chi connectivity index (χ0n) is 20.0. The van der Waals surface area contributed by atoms with Crippen LogP contribution in [0.4, 0.5) is 5.82 Å². The fraction of sp³-hybridized carbons (Fsp3) is 0.115. The van der Waals surface area contributed by atoms with E-state index < -0.39 is 6.04 Å². The average molecular weight is 508 g/mol. The summed E-state index contributed by atoms with van der Waals surface area (Å²) in [5.41, 5.74) is 10.7. The number of rotatable bonds is 4. The Hall–Kier alpha value is -4.95. The zero-order valence-corrected chi connectivity index (χ0v) is 20.8. The van der Waals surface area contributed by atoms with Gasteiger partial charge >= 0.3 is 0 Å². The number of imidazole rings is 1. The normalized spacial score (nSPS) is 11.9. The Morgan fingerprint density at radius 3 is 2.73 bits per heavy atom. The lowest BCUT2D eigenvalue weighted by Gasteiger charge is -2.14. The van der Waals surface area contributed by atoms with Crippen LogP contribution < -0.4 is 11.1 Å². The van der Waals surface area contributed by atoms with E-state index in [1.807, 2.05) is 66.3 Å². The Morgan fingerprint density at radius 1 is 1.11 bits per heavy atom. The number of hydrogen-bond acceptors (Lipinski definition) is 7. The Kier molecular flexibility index (Phi) is 5.43. The minimum atomic E-state index is -0.440. The molecule has 10 nitrogen and oxygen atoms in total. The second-order valence-corrected chi connectivity index (χ2v) is 9.26. The van der Waals surface area contributed by atoms with Crippen LogP contribution in [0.1, 0.15) is 40.4 Å². The lowest BCUT2D eigenvalue weighted by atomic mass is 10.1. The average Bonchev–Trinajstić information content (AvgIpc) is 3.65. The van der Waals surface area contributed by atoms with E-state index in [2.05, 4.69) is 32.3 Å². The van der Waals surface area contributed by atoms with E-state index in [9.17, 15) is 4.79 Å². The van der Waals surface area contributed by atoms with Gasteiger partial charge in [0.05, 0.1) is 17.4 Å². The van der Waals surface area contributed by atoms with E-state index >= 15 is 0 Å². The maximum absolute atomic E-state index is 13.3. The topological polar surface area (TPSA) is 120 Å². The Balaban J connectivity index is 1.42. The number of nitrogen functional groups attached to an aromatic ring is 1. The molecule has 0 aliphatic rings. The highest BCUT2D eigenvalue weighted by atomic mass is 32.1. The molecule has 182 valence electrons. The molecule has 0 aliphatic heterocycles. The summed E-state index contributed by atoms with van der Waals surface area (Å²) in [5.74, 6) is 6.11. The van der Waals surface area contributed by atoms with Crippen LogP contribution in [0.5, 0.6) is 0 Å². The molecule has 0 radical (unpaired) electrons. The molecule has 0 bridgehead atoms. The van der Waals surface area contributed by atoms with Crippen LogP contribution in [0.3, 0.4) is 0 Å². The van der Waals surface area contributed by atoms with Crippen molar-refractivity contribution in [1.82, 2.24) is 39.1 Å². The van der Waals surface area contributed by atoms with Crippen molar-refractivity contribution in [3.05, 3.63) is 89.1 Å². The second-order valence-electron chi connectivity index (χ2n) is 8.42. The van der Waals surface area contributed by atoms with Gasteiger partial charge in [0.25, 0.3) is 5.91 Å². The Bertz CT molecular complexity index is 1830. The monoisotopic (exact) mass is 507 g/mol. The Labute approximate surface area is 215 Å². The highest BCUT2D eigenvalue weighted by molar-refractivity contribution is 7.15. The first-order valence-corrected chi connectivity index (χ1v) is 12.3. The molecule has 6 aromatic rings. The van der Waals surface area contributed by atoms with Crippen molar-refractivity contribution in [1.29, 1.82) is 0 Å². The van der Waals surface area contributed by atoms with Gasteiger partial charge in [-0.25, -0.2) is 14.5 Å². The number of carbonyl (C=O) groups is 1. The third-order valence-corrected chi connectivity index (χ3v) is 6.70. The summed E-state index contributed by atoms with van der Waals surface area (Å²) >= 11 is 1.49. The molecule has 5 aromatic heterocycles. The summed E-state index contributed by atoms with van der Waals surface area (Å²) in [6, 6.07) is 13.1. The van der Waals surface area contributed by atoms with E-state index in [1.54, 1.807) is 23.1 Å². The molecule has 0 saturated carbocycles. The molecule has 0 spiro atoms. The Morgan fingerprint density at radius 2 is 1.95 bits per heavy atom. The van der Waals surface area contributed by atoms with Crippen molar-refractivity contribution in [2.75, 3.05) is 5.73 Å². The third kappa shape index (κ3) is 3.99. The summed E-state index contributed by atoms with van der Waals surface area (Å²) in [4.78, 5) is 23.3. The molecule has 1 aromatic carbocycles. The largest absolute Gasteiger partial charge is 0.381 e. The van der Waals surface area contributed by atoms with E-state index in [0.717, 1.165) is 27.6 Å². The van der Waals surface area contributed by atoms with Crippen LogP contribution in [-0.2, 0) is 7.05 Å². The van der Waals surface area contributed by atoms with Gasteiger partial charge in [0, 0.05) is 36.6 Å². The number of carbonyl (C=O) groups excluding carboxylic acids is 1. The number of nitrogens with two attached hydrogens (primary N) is 1. The predicted octanol–water partition coefficient (Wildman–Crippen LogP) is 3.31. The molecule has 37 heavy (non-hydrogen) atoms. The van der Waals surface area contributed by atoms with Crippen LogP contribution >= 0.6 is 11.3 Å². The number of anilines is 1. The number of hydrogen-bond donors (Lipinski definition) is 2. The molecular weight excluding hydrogens is 486 g/mol. The number of fused-ring (bicyclic) bond motifs is 2. The first-order chi connectivity index (χ1) is 18.0. The summed E-state index contributed by atoms with van der Waals surface area (Å²) < 4.78 is 5.23. The highest BCUT2D eigenvalue weighted by Gasteiger charge is 2.26. The summed E-state index contributed by atoms with van der Waals surface area (Å²) in [5, 5.41) is 13.6. The van der Waals surface area contributed by atoms with Crippen molar-refractivity contribution >= 4 is 33.7 Å². The molecular formula is C26H21N9OS. The van der Waals surface area contributed by atoms with Crippen LogP contribution in [0.25, 0.3) is 21.9 Å². The minimum absolute atomic E-state index is 0.115. The van der Waals surface area contributed by atoms with E-state index in [1.165, 1.54) is 15.9 Å². The minimum Gasteiger partial charge on any atom is -0.381 e. The number of nitrogens with one attached hydrogen (secondary N) is 1. The molecule has 11 heteroatoms. The maximum atomic E-state index is 13.3. The molecule has 0 fully saturated rings. The number of aromatic nitrogens is 7. The molecule has 1 atom stereocenters. The molecule has 5 heterocycles. The quantitative estimate of drug-likeness (QED) is 0.353. The molecule has 0 aliphatic carbocycles. The smallest absolute Gasteiger partial charge is 0.259 e. The van der Waals surface area contributed by atoms with Gasteiger partial charge in [-0.3, -0.25) is 13.9 Å². The summed E-state index contributed by atoms with van der Waals surface area (Å²) in [7, 11) is 1.86. The SMILES string of the molecule is C[C@H](NC(=O)c1c(N)nn2cccnc12)c1nc2scc(C#Cc3ccn(C)n3)n2c1-c1ccccc1. The summed E-state index contributed by atoms with van der Waals surface area (Å²) in [6.45, 7) is 1.89. The fourth-order valence-electron chi connectivity index (χ4n) is 4.21. The van der Waals surface area contributed by atoms with Crippen molar-refractivity contribution in [3.8, 4) is 23.1 Å². The first kappa shape index (κ1) is 22.5. The van der Waals surface area contributed by atoms with Gasteiger partial charge in [-0.15, -0.1) is 16.4 Å². The molecule has 1 amide bonds. The van der Waals surface area contributed by atoms with Gasteiger partial charge < -0.3 is 11.1 Å². The third-order valence-electron chi connectivity index (χ3n) is 5.88. The van der Waals surface area contributed by atoms with Gasteiger partial charge in [0.2, 0.25) is 0 Å². The molecule has 6 rings (SSSR count). The number of aryl methyl sites for hydroxylation is 1. The van der Waals surface area contributed by atoms with Gasteiger partial charge in [-0.1, -0.05) is 30.3 Å². The molecule has 0 unspecified atom stereocenters. The van der Waals surface area contributed by atoms with Crippen LogP contribution in [0, 0.1) is 11.8 Å². The first-order valence-electron chi connectivity index (χ1n) is 11.5. The lowest BCUT2D eigenvalue weighted by molar-refractivity contribution is 0.0941.